The van der Waals surface area contributed by atoms with Crippen LogP contribution in [0.3, 0.4) is 0 Å². The zero-order chi connectivity index (χ0) is 15.1. The minimum atomic E-state index is -0.159. The minimum Gasteiger partial charge on any atom is -0.494 e. The van der Waals surface area contributed by atoms with E-state index in [1.54, 1.807) is 18.4 Å². The molecule has 21 heavy (non-hydrogen) atoms. The number of furan rings is 1. The number of carbonyl (C=O) groups is 1. The summed E-state index contributed by atoms with van der Waals surface area (Å²) >= 11 is 0. The third-order valence-electron chi connectivity index (χ3n) is 2.95. The number of hydrogen-bond donors (Lipinski definition) is 1. The summed E-state index contributed by atoms with van der Waals surface area (Å²) in [5.41, 5.74) is 0.944. The highest BCUT2D eigenvalue weighted by molar-refractivity contribution is 5.91. The second-order valence-electron chi connectivity index (χ2n) is 4.58. The maximum absolute atomic E-state index is 11.8. The van der Waals surface area contributed by atoms with Crippen molar-refractivity contribution in [1.82, 2.24) is 5.32 Å². The molecule has 4 heteroatoms. The lowest BCUT2D eigenvalue weighted by molar-refractivity contribution is -0.117. The summed E-state index contributed by atoms with van der Waals surface area (Å²) in [4.78, 5) is 11.8. The molecule has 1 aromatic heterocycles. The van der Waals surface area contributed by atoms with Gasteiger partial charge in [0.15, 0.2) is 0 Å². The number of ether oxygens (including phenoxy) is 1. The second kappa shape index (κ2) is 7.33. The van der Waals surface area contributed by atoms with E-state index in [4.69, 9.17) is 9.15 Å². The summed E-state index contributed by atoms with van der Waals surface area (Å²) in [5, 5.41) is 2.84. The van der Waals surface area contributed by atoms with Gasteiger partial charge in [-0.05, 0) is 49.8 Å². The number of nitrogens with one attached hydrogen (secondary N) is 1. The average molecular weight is 285 g/mol. The molecule has 0 saturated carbocycles. The van der Waals surface area contributed by atoms with Gasteiger partial charge in [0.25, 0.3) is 0 Å². The van der Waals surface area contributed by atoms with Crippen molar-refractivity contribution in [3.05, 3.63) is 60.1 Å². The zero-order valence-corrected chi connectivity index (χ0v) is 12.2. The van der Waals surface area contributed by atoms with Crippen molar-refractivity contribution in [2.24, 2.45) is 0 Å². The highest BCUT2D eigenvalue weighted by Gasteiger charge is 2.09. The van der Waals surface area contributed by atoms with Crippen molar-refractivity contribution in [3.8, 4) is 5.75 Å². The standard InChI is InChI=1S/C17H19NO3/c1-3-20-15-9-6-14(7-10-15)8-11-17(19)18-13(2)16-5-4-12-21-16/h4-13H,3H2,1-2H3,(H,18,19)/b11-8+/t13-/m0/s1. The van der Waals surface area contributed by atoms with Crippen molar-refractivity contribution in [2.75, 3.05) is 6.61 Å². The van der Waals surface area contributed by atoms with Gasteiger partial charge in [-0.25, -0.2) is 0 Å². The van der Waals surface area contributed by atoms with Gasteiger partial charge in [-0.3, -0.25) is 4.79 Å². The summed E-state index contributed by atoms with van der Waals surface area (Å²) in [6.45, 7) is 4.46. The Balaban J connectivity index is 1.89. The predicted octanol–water partition coefficient (Wildman–Crippen LogP) is 3.57. The minimum absolute atomic E-state index is 0.155. The molecule has 4 nitrogen and oxygen atoms in total. The summed E-state index contributed by atoms with van der Waals surface area (Å²) in [6.07, 6.45) is 4.86. The van der Waals surface area contributed by atoms with Crippen LogP contribution in [-0.4, -0.2) is 12.5 Å². The average Bonchev–Trinajstić information content (AvgIpc) is 3.01. The highest BCUT2D eigenvalue weighted by Crippen LogP contribution is 2.14. The number of benzene rings is 1. The zero-order valence-electron chi connectivity index (χ0n) is 12.2. The Morgan fingerprint density at radius 2 is 2.10 bits per heavy atom. The van der Waals surface area contributed by atoms with Gasteiger partial charge in [-0.15, -0.1) is 0 Å². The quantitative estimate of drug-likeness (QED) is 0.825. The summed E-state index contributed by atoms with van der Waals surface area (Å²) in [6, 6.07) is 11.1. The largest absolute Gasteiger partial charge is 0.494 e. The molecule has 1 atom stereocenters. The Hall–Kier alpha value is -2.49. The third kappa shape index (κ3) is 4.53. The molecule has 0 fully saturated rings. The van der Waals surface area contributed by atoms with Crippen molar-refractivity contribution < 1.29 is 13.9 Å². The fraction of sp³-hybridized carbons (Fsp3) is 0.235. The number of rotatable bonds is 6. The predicted molar refractivity (Wildman–Crippen MR) is 81.9 cm³/mol. The first-order chi connectivity index (χ1) is 10.2. The van der Waals surface area contributed by atoms with Crippen LogP contribution in [0.25, 0.3) is 6.08 Å². The molecule has 110 valence electrons. The molecule has 0 unspecified atom stereocenters. The van der Waals surface area contributed by atoms with E-state index < -0.39 is 0 Å². The van der Waals surface area contributed by atoms with Crippen LogP contribution in [0.1, 0.15) is 31.2 Å². The van der Waals surface area contributed by atoms with E-state index >= 15 is 0 Å². The van der Waals surface area contributed by atoms with E-state index in [1.807, 2.05) is 44.2 Å². The van der Waals surface area contributed by atoms with Crippen molar-refractivity contribution in [3.63, 3.8) is 0 Å². The van der Waals surface area contributed by atoms with Crippen LogP contribution in [0, 0.1) is 0 Å². The van der Waals surface area contributed by atoms with Crippen LogP contribution in [-0.2, 0) is 4.79 Å². The number of hydrogen-bond acceptors (Lipinski definition) is 3. The molecule has 0 radical (unpaired) electrons. The number of amides is 1. The monoisotopic (exact) mass is 285 g/mol. The molecule has 1 N–H and O–H groups in total. The summed E-state index contributed by atoms with van der Waals surface area (Å²) in [5.74, 6) is 1.40. The van der Waals surface area contributed by atoms with Gasteiger partial charge < -0.3 is 14.5 Å². The van der Waals surface area contributed by atoms with Crippen LogP contribution < -0.4 is 10.1 Å². The first-order valence-electron chi connectivity index (χ1n) is 6.94. The number of carbonyl (C=O) groups excluding carboxylic acids is 1. The topological polar surface area (TPSA) is 51.5 Å². The molecule has 2 rings (SSSR count). The van der Waals surface area contributed by atoms with E-state index in [0.29, 0.717) is 6.61 Å². The molecular weight excluding hydrogens is 266 g/mol. The van der Waals surface area contributed by atoms with Gasteiger partial charge in [0, 0.05) is 6.08 Å². The van der Waals surface area contributed by atoms with Gasteiger partial charge in [0.1, 0.15) is 11.5 Å². The molecule has 1 heterocycles. The van der Waals surface area contributed by atoms with Crippen LogP contribution in [0.2, 0.25) is 0 Å². The fourth-order valence-electron chi connectivity index (χ4n) is 1.88. The van der Waals surface area contributed by atoms with Crippen molar-refractivity contribution in [2.45, 2.75) is 19.9 Å². The molecular formula is C17H19NO3. The van der Waals surface area contributed by atoms with Crippen molar-refractivity contribution >= 4 is 12.0 Å². The van der Waals surface area contributed by atoms with E-state index in [2.05, 4.69) is 5.32 Å². The molecule has 0 aliphatic heterocycles. The Kier molecular flexibility index (Phi) is 5.21. The van der Waals surface area contributed by atoms with Crippen LogP contribution in [0.4, 0.5) is 0 Å². The van der Waals surface area contributed by atoms with E-state index in [-0.39, 0.29) is 11.9 Å². The molecule has 1 amide bonds. The molecule has 2 aromatic rings. The third-order valence-corrected chi connectivity index (χ3v) is 2.95. The summed E-state index contributed by atoms with van der Waals surface area (Å²) < 4.78 is 10.6. The lowest BCUT2D eigenvalue weighted by atomic mass is 10.2. The van der Waals surface area contributed by atoms with E-state index in [9.17, 15) is 4.79 Å². The Bertz CT molecular complexity index is 585. The molecule has 0 aliphatic carbocycles. The van der Waals surface area contributed by atoms with Gasteiger partial charge in [-0.2, -0.15) is 0 Å². The first kappa shape index (κ1) is 14.9. The lowest BCUT2D eigenvalue weighted by Crippen LogP contribution is -2.24. The van der Waals surface area contributed by atoms with E-state index in [0.717, 1.165) is 17.1 Å². The maximum atomic E-state index is 11.8. The van der Waals surface area contributed by atoms with Gasteiger partial charge >= 0.3 is 0 Å². The molecule has 0 bridgehead atoms. The Morgan fingerprint density at radius 1 is 1.33 bits per heavy atom. The SMILES string of the molecule is CCOc1ccc(/C=C/C(=O)N[C@@H](C)c2ccco2)cc1. The molecule has 0 saturated heterocycles. The van der Waals surface area contributed by atoms with Crippen LogP contribution in [0.15, 0.2) is 53.2 Å². The van der Waals surface area contributed by atoms with Gasteiger partial charge in [-0.1, -0.05) is 12.1 Å². The van der Waals surface area contributed by atoms with Crippen LogP contribution >= 0.6 is 0 Å². The second-order valence-corrected chi connectivity index (χ2v) is 4.58. The Morgan fingerprint density at radius 3 is 2.71 bits per heavy atom. The summed E-state index contributed by atoms with van der Waals surface area (Å²) in [7, 11) is 0. The smallest absolute Gasteiger partial charge is 0.244 e. The molecule has 1 aromatic carbocycles. The Labute approximate surface area is 124 Å². The lowest BCUT2D eigenvalue weighted by Gasteiger charge is -2.09. The molecule has 0 spiro atoms. The van der Waals surface area contributed by atoms with E-state index in [1.165, 1.54) is 6.08 Å². The van der Waals surface area contributed by atoms with Gasteiger partial charge in [0.2, 0.25) is 5.91 Å². The fourth-order valence-corrected chi connectivity index (χ4v) is 1.88. The highest BCUT2D eigenvalue weighted by atomic mass is 16.5. The first-order valence-corrected chi connectivity index (χ1v) is 6.94. The normalized spacial score (nSPS) is 12.3. The van der Waals surface area contributed by atoms with Crippen LogP contribution in [0.5, 0.6) is 5.75 Å². The molecule has 0 aliphatic rings. The maximum Gasteiger partial charge on any atom is 0.244 e. The van der Waals surface area contributed by atoms with Crippen molar-refractivity contribution in [1.29, 1.82) is 0 Å². The van der Waals surface area contributed by atoms with Gasteiger partial charge in [0.05, 0.1) is 18.9 Å².